The van der Waals surface area contributed by atoms with Gasteiger partial charge in [0.15, 0.2) is 5.82 Å². The van der Waals surface area contributed by atoms with E-state index in [4.69, 9.17) is 28.5 Å². The topological polar surface area (TPSA) is 79.2 Å². The average molecular weight is 223 g/mol. The summed E-state index contributed by atoms with van der Waals surface area (Å²) in [5.74, 6) is -1.14. The monoisotopic (exact) mass is 222 g/mol. The highest BCUT2D eigenvalue weighted by Gasteiger charge is 2.22. The molecule has 1 N–H and O–H groups in total. The zero-order valence-corrected chi connectivity index (χ0v) is 7.64. The maximum atomic E-state index is 10.4. The number of aliphatic carboxylic acids is 1. The summed E-state index contributed by atoms with van der Waals surface area (Å²) < 4.78 is 0.749. The van der Waals surface area contributed by atoms with Crippen LogP contribution in [0.1, 0.15) is 0 Å². The maximum Gasteiger partial charge on any atom is 0.343 e. The third kappa shape index (κ3) is 2.40. The molecule has 1 aromatic rings. The number of carboxylic acids is 1. The van der Waals surface area contributed by atoms with Crippen LogP contribution in [0, 0.1) is 0 Å². The van der Waals surface area contributed by atoms with Crippen molar-refractivity contribution in [2.75, 3.05) is 4.42 Å². The molecule has 0 amide bonds. The lowest BCUT2D eigenvalue weighted by atomic mass is 10.5. The van der Waals surface area contributed by atoms with Gasteiger partial charge in [-0.2, -0.15) is 0 Å². The molecule has 1 rings (SSSR count). The Hall–Kier alpha value is -1.14. The first-order valence-electron chi connectivity index (χ1n) is 3.09. The maximum absolute atomic E-state index is 10.4. The first-order chi connectivity index (χ1) is 6.13. The molecule has 13 heavy (non-hydrogen) atoms. The molecule has 70 valence electrons. The normalized spacial score (nSPS) is 12.2. The van der Waals surface area contributed by atoms with Gasteiger partial charge in [0, 0.05) is 17.8 Å². The molecule has 0 aliphatic carbocycles. The zero-order valence-electron chi connectivity index (χ0n) is 6.13. The molecule has 0 fully saturated rings. The van der Waals surface area contributed by atoms with E-state index in [1.54, 1.807) is 0 Å². The van der Waals surface area contributed by atoms with E-state index in [1.165, 1.54) is 12.3 Å². The molecular weight excluding hydrogens is 219 g/mol. The molecule has 0 aromatic carbocycles. The van der Waals surface area contributed by atoms with Crippen molar-refractivity contribution < 1.29 is 9.90 Å². The molecule has 0 radical (unpaired) electrons. The first kappa shape index (κ1) is 9.94. The summed E-state index contributed by atoms with van der Waals surface area (Å²) in [6.45, 7) is 0. The minimum absolute atomic E-state index is 0.124. The summed E-state index contributed by atoms with van der Waals surface area (Å²) in [5.41, 5.74) is -1.39. The minimum atomic E-state index is -1.39. The minimum Gasteiger partial charge on any atom is -0.479 e. The Balaban J connectivity index is 2.79. The summed E-state index contributed by atoms with van der Waals surface area (Å²) in [7, 11) is 0. The van der Waals surface area contributed by atoms with Crippen LogP contribution in [0.15, 0.2) is 12.3 Å². The molecule has 8 heteroatoms. The Labute approximate surface area is 83.2 Å². The smallest absolute Gasteiger partial charge is 0.343 e. The predicted molar refractivity (Wildman–Crippen MR) is 45.4 cm³/mol. The van der Waals surface area contributed by atoms with E-state index in [9.17, 15) is 4.79 Å². The summed E-state index contributed by atoms with van der Waals surface area (Å²) >= 11 is 10.9. The van der Waals surface area contributed by atoms with Crippen LogP contribution in [0.3, 0.4) is 0 Å². The lowest BCUT2D eigenvalue weighted by molar-refractivity contribution is -0.136. The molecule has 0 bridgehead atoms. The number of anilines is 1. The molecule has 0 saturated carbocycles. The van der Waals surface area contributed by atoms with Crippen molar-refractivity contribution in [2.24, 2.45) is 0 Å². The van der Waals surface area contributed by atoms with Crippen molar-refractivity contribution in [3.8, 4) is 0 Å². The lowest BCUT2D eigenvalue weighted by Gasteiger charge is -2.15. The van der Waals surface area contributed by atoms with Crippen molar-refractivity contribution in [3.63, 3.8) is 0 Å². The van der Waals surface area contributed by atoms with Crippen LogP contribution < -0.4 is 4.42 Å². The fraction of sp³-hybridized carbons (Fsp3) is 0.200. The number of rotatable bonds is 3. The molecule has 0 spiro atoms. The van der Waals surface area contributed by atoms with Gasteiger partial charge in [-0.25, -0.2) is 9.21 Å². The van der Waals surface area contributed by atoms with Crippen LogP contribution in [0.25, 0.3) is 0 Å². The van der Waals surface area contributed by atoms with Gasteiger partial charge in [0.05, 0.1) is 6.20 Å². The number of carboxylic acid groups (broad SMARTS) is 1. The summed E-state index contributed by atoms with van der Waals surface area (Å²) in [4.78, 5) is 10.4. The van der Waals surface area contributed by atoms with Crippen LogP contribution in [-0.4, -0.2) is 32.0 Å². The Kier molecular flexibility index (Phi) is 3.21. The van der Waals surface area contributed by atoms with E-state index in [1.807, 2.05) is 0 Å². The number of carbonyl (C=O) groups is 1. The third-order valence-corrected chi connectivity index (χ3v) is 1.96. The van der Waals surface area contributed by atoms with E-state index < -0.39 is 11.5 Å². The fourth-order valence-electron chi connectivity index (χ4n) is 0.562. The fourth-order valence-corrected chi connectivity index (χ4v) is 0.835. The van der Waals surface area contributed by atoms with Gasteiger partial charge < -0.3 is 5.11 Å². The highest BCUT2D eigenvalue weighted by molar-refractivity contribution is 6.39. The molecule has 1 unspecified atom stereocenters. The van der Waals surface area contributed by atoms with Gasteiger partial charge in [0.25, 0.3) is 0 Å². The van der Waals surface area contributed by atoms with Gasteiger partial charge in [-0.3, -0.25) is 0 Å². The molecule has 1 heterocycles. The SMILES string of the molecule is O=C(O)C(Cl)N(Cl)c1ccnnn1. The largest absolute Gasteiger partial charge is 0.479 e. The Bertz CT molecular complexity index is 296. The molecular formula is C5H4Cl2N4O2. The van der Waals surface area contributed by atoms with Crippen LogP contribution in [-0.2, 0) is 4.79 Å². The number of halogens is 2. The number of nitrogens with zero attached hydrogens (tertiary/aromatic N) is 4. The summed E-state index contributed by atoms with van der Waals surface area (Å²) in [5, 5.41) is 18.6. The van der Waals surface area contributed by atoms with Crippen LogP contribution >= 0.6 is 23.4 Å². The summed E-state index contributed by atoms with van der Waals surface area (Å²) in [6, 6.07) is 1.39. The highest BCUT2D eigenvalue weighted by atomic mass is 35.5. The van der Waals surface area contributed by atoms with E-state index in [0.29, 0.717) is 0 Å². The quantitative estimate of drug-likeness (QED) is 0.456. The summed E-state index contributed by atoms with van der Waals surface area (Å²) in [6.07, 6.45) is 1.32. The molecule has 0 aliphatic rings. The van der Waals surface area contributed by atoms with Crippen molar-refractivity contribution in [2.45, 2.75) is 5.50 Å². The first-order valence-corrected chi connectivity index (χ1v) is 3.86. The molecule has 0 saturated heterocycles. The van der Waals surface area contributed by atoms with Gasteiger partial charge in [0.2, 0.25) is 5.50 Å². The second kappa shape index (κ2) is 4.20. The van der Waals surface area contributed by atoms with E-state index in [2.05, 4.69) is 15.4 Å². The second-order valence-corrected chi connectivity index (χ2v) is 2.74. The van der Waals surface area contributed by atoms with Crippen LogP contribution in [0.2, 0.25) is 0 Å². The second-order valence-electron chi connectivity index (χ2n) is 1.96. The standard InChI is InChI=1S/C5H4Cl2N4O2/c6-4(5(12)13)11(7)3-1-2-8-10-9-3/h1-2,4H,(H,12,13). The van der Waals surface area contributed by atoms with Gasteiger partial charge in [0.1, 0.15) is 0 Å². The van der Waals surface area contributed by atoms with Crippen molar-refractivity contribution in [3.05, 3.63) is 12.3 Å². The number of hydrogen-bond acceptors (Lipinski definition) is 5. The number of alkyl halides is 1. The average Bonchev–Trinajstić information content (AvgIpc) is 2.17. The van der Waals surface area contributed by atoms with Gasteiger partial charge in [-0.1, -0.05) is 11.6 Å². The van der Waals surface area contributed by atoms with Crippen molar-refractivity contribution in [1.29, 1.82) is 0 Å². The third-order valence-electron chi connectivity index (χ3n) is 1.11. The Morgan fingerprint density at radius 3 is 2.85 bits per heavy atom. The van der Waals surface area contributed by atoms with Gasteiger partial charge >= 0.3 is 5.97 Å². The van der Waals surface area contributed by atoms with Gasteiger partial charge in [-0.05, 0) is 5.21 Å². The van der Waals surface area contributed by atoms with Crippen LogP contribution in [0.5, 0.6) is 0 Å². The number of hydrogen-bond donors (Lipinski definition) is 1. The van der Waals surface area contributed by atoms with Crippen molar-refractivity contribution >= 4 is 35.2 Å². The van der Waals surface area contributed by atoms with Crippen molar-refractivity contribution in [1.82, 2.24) is 15.4 Å². The van der Waals surface area contributed by atoms with E-state index >= 15 is 0 Å². The molecule has 6 nitrogen and oxygen atoms in total. The van der Waals surface area contributed by atoms with Crippen LogP contribution in [0.4, 0.5) is 5.82 Å². The number of aromatic nitrogens is 3. The zero-order chi connectivity index (χ0) is 9.84. The Morgan fingerprint density at radius 1 is 1.69 bits per heavy atom. The lowest BCUT2D eigenvalue weighted by Crippen LogP contribution is -2.30. The van der Waals surface area contributed by atoms with Gasteiger partial charge in [-0.15, -0.1) is 10.2 Å². The predicted octanol–water partition coefficient (Wildman–Crippen LogP) is 0.481. The molecule has 1 aromatic heterocycles. The van der Waals surface area contributed by atoms with E-state index in [-0.39, 0.29) is 5.82 Å². The van der Waals surface area contributed by atoms with E-state index in [0.717, 1.165) is 4.42 Å². The highest BCUT2D eigenvalue weighted by Crippen LogP contribution is 2.17. The molecule has 0 aliphatic heterocycles. The molecule has 1 atom stereocenters. The Morgan fingerprint density at radius 2 is 2.38 bits per heavy atom.